The van der Waals surface area contributed by atoms with Gasteiger partial charge in [-0.1, -0.05) is 6.08 Å². The Morgan fingerprint density at radius 3 is 2.45 bits per heavy atom. The number of hydrogen-bond donors (Lipinski definition) is 0. The zero-order valence-electron chi connectivity index (χ0n) is 6.62. The van der Waals surface area contributed by atoms with Gasteiger partial charge in [0.25, 0.3) is 0 Å². The molecule has 60 valence electrons. The van der Waals surface area contributed by atoms with Gasteiger partial charge >= 0.3 is 0 Å². The van der Waals surface area contributed by atoms with Gasteiger partial charge in [-0.3, -0.25) is 4.79 Å². The van der Waals surface area contributed by atoms with Crippen LogP contribution in [0.2, 0.25) is 0 Å². The van der Waals surface area contributed by atoms with Crippen molar-refractivity contribution in [2.24, 2.45) is 5.41 Å². The minimum Gasteiger partial charge on any atom is -0.302 e. The molecular formula is C9H13NO. The molecule has 11 heavy (non-hydrogen) atoms. The molecule has 0 N–H and O–H groups in total. The fourth-order valence-electron chi connectivity index (χ4n) is 2.22. The molecule has 2 heteroatoms. The minimum atomic E-state index is 0.376. The van der Waals surface area contributed by atoms with Crippen LogP contribution in [0.3, 0.4) is 0 Å². The van der Waals surface area contributed by atoms with E-state index < -0.39 is 0 Å². The van der Waals surface area contributed by atoms with Crippen LogP contribution in [0.5, 0.6) is 0 Å². The highest BCUT2D eigenvalue weighted by molar-refractivity contribution is 5.65. The van der Waals surface area contributed by atoms with Crippen LogP contribution in [0.1, 0.15) is 12.8 Å². The van der Waals surface area contributed by atoms with Crippen LogP contribution in [0, 0.1) is 5.41 Å². The number of carbonyl (C=O) groups is 1. The molecule has 2 bridgehead atoms. The molecule has 0 atom stereocenters. The van der Waals surface area contributed by atoms with Crippen LogP contribution in [0.15, 0.2) is 12.2 Å². The molecule has 0 unspecified atom stereocenters. The lowest BCUT2D eigenvalue weighted by molar-refractivity contribution is -0.104. The third-order valence-corrected chi connectivity index (χ3v) is 2.92. The van der Waals surface area contributed by atoms with Crippen molar-refractivity contribution >= 4 is 6.29 Å². The number of nitrogens with zero attached hydrogens (tertiary/aromatic N) is 1. The highest BCUT2D eigenvalue weighted by Crippen LogP contribution is 2.41. The summed E-state index contributed by atoms with van der Waals surface area (Å²) < 4.78 is 0. The van der Waals surface area contributed by atoms with E-state index in [1.54, 1.807) is 6.08 Å². The number of aldehydes is 1. The average molecular weight is 151 g/mol. The summed E-state index contributed by atoms with van der Waals surface area (Å²) in [6, 6.07) is 0. The maximum atomic E-state index is 10.1. The normalized spacial score (nSPS) is 42.0. The molecule has 2 heterocycles. The fraction of sp³-hybridized carbons (Fsp3) is 0.667. The second-order valence-corrected chi connectivity index (χ2v) is 3.63. The second-order valence-electron chi connectivity index (χ2n) is 3.63. The zero-order valence-corrected chi connectivity index (χ0v) is 6.62. The highest BCUT2D eigenvalue weighted by atomic mass is 16.1. The predicted molar refractivity (Wildman–Crippen MR) is 43.3 cm³/mol. The lowest BCUT2D eigenvalue weighted by atomic mass is 9.84. The van der Waals surface area contributed by atoms with Crippen LogP contribution in [0.25, 0.3) is 0 Å². The van der Waals surface area contributed by atoms with E-state index in [1.165, 1.54) is 32.5 Å². The molecule has 2 aliphatic rings. The lowest BCUT2D eigenvalue weighted by Gasteiger charge is -2.19. The maximum Gasteiger partial charge on any atom is 0.142 e. The Labute approximate surface area is 66.9 Å². The summed E-state index contributed by atoms with van der Waals surface area (Å²) >= 11 is 0. The molecule has 2 nitrogen and oxygen atoms in total. The van der Waals surface area contributed by atoms with Gasteiger partial charge in [-0.2, -0.15) is 0 Å². The second kappa shape index (κ2) is 2.45. The molecule has 2 saturated heterocycles. The Hall–Kier alpha value is -0.630. The summed E-state index contributed by atoms with van der Waals surface area (Å²) in [5.74, 6) is 0. The summed E-state index contributed by atoms with van der Waals surface area (Å²) in [7, 11) is 0. The molecule has 0 aromatic heterocycles. The Balaban J connectivity index is 2.10. The van der Waals surface area contributed by atoms with Crippen molar-refractivity contribution < 1.29 is 4.79 Å². The standard InChI is InChI=1S/C9H13NO/c11-7-1-2-9-3-5-10(8-9)6-4-9/h1-2,7H,3-6,8H2/b2-1+. The number of carbonyl (C=O) groups excluding carboxylic acids is 1. The molecule has 0 aromatic rings. The minimum absolute atomic E-state index is 0.376. The van der Waals surface area contributed by atoms with Crippen molar-refractivity contribution in [1.82, 2.24) is 4.90 Å². The van der Waals surface area contributed by atoms with Gasteiger partial charge in [0, 0.05) is 12.0 Å². The Bertz CT molecular complexity index is 190. The van der Waals surface area contributed by atoms with Crippen LogP contribution in [-0.2, 0) is 4.79 Å². The van der Waals surface area contributed by atoms with E-state index in [4.69, 9.17) is 0 Å². The summed E-state index contributed by atoms with van der Waals surface area (Å²) in [4.78, 5) is 12.6. The Morgan fingerprint density at radius 1 is 1.27 bits per heavy atom. The molecule has 0 aliphatic carbocycles. The number of hydrogen-bond acceptors (Lipinski definition) is 2. The van der Waals surface area contributed by atoms with Gasteiger partial charge in [0.2, 0.25) is 0 Å². The molecule has 0 radical (unpaired) electrons. The van der Waals surface area contributed by atoms with Gasteiger partial charge in [-0.05, 0) is 32.0 Å². The van der Waals surface area contributed by atoms with E-state index >= 15 is 0 Å². The van der Waals surface area contributed by atoms with Gasteiger partial charge in [0.15, 0.2) is 0 Å². The quantitative estimate of drug-likeness (QED) is 0.430. The number of rotatable bonds is 2. The van der Waals surface area contributed by atoms with Crippen molar-refractivity contribution in [3.8, 4) is 0 Å². The first-order valence-corrected chi connectivity index (χ1v) is 4.20. The molecule has 2 rings (SSSR count). The predicted octanol–water partition coefficient (Wildman–Crippen LogP) is 0.837. The van der Waals surface area contributed by atoms with Crippen molar-refractivity contribution in [1.29, 1.82) is 0 Å². The average Bonchev–Trinajstić information content (AvgIpc) is 2.60. The molecule has 0 amide bonds. The van der Waals surface area contributed by atoms with Gasteiger partial charge in [-0.15, -0.1) is 0 Å². The van der Waals surface area contributed by atoms with Gasteiger partial charge in [0.1, 0.15) is 6.29 Å². The van der Waals surface area contributed by atoms with Crippen LogP contribution >= 0.6 is 0 Å². The topological polar surface area (TPSA) is 20.3 Å². The van der Waals surface area contributed by atoms with E-state index in [0.717, 1.165) is 6.29 Å². The van der Waals surface area contributed by atoms with Gasteiger partial charge in [-0.25, -0.2) is 0 Å². The third kappa shape index (κ3) is 1.11. The van der Waals surface area contributed by atoms with Crippen LogP contribution < -0.4 is 0 Å². The monoisotopic (exact) mass is 151 g/mol. The maximum absolute atomic E-state index is 10.1. The molecule has 0 saturated carbocycles. The largest absolute Gasteiger partial charge is 0.302 e. The van der Waals surface area contributed by atoms with Crippen molar-refractivity contribution in [3.05, 3.63) is 12.2 Å². The zero-order chi connectivity index (χ0) is 7.73. The van der Waals surface area contributed by atoms with Crippen molar-refractivity contribution in [3.63, 3.8) is 0 Å². The van der Waals surface area contributed by atoms with E-state index in [-0.39, 0.29) is 0 Å². The van der Waals surface area contributed by atoms with E-state index in [0.29, 0.717) is 5.41 Å². The van der Waals surface area contributed by atoms with Gasteiger partial charge < -0.3 is 4.90 Å². The summed E-state index contributed by atoms with van der Waals surface area (Å²) in [6.07, 6.45) is 7.15. The molecule has 2 fully saturated rings. The van der Waals surface area contributed by atoms with Crippen molar-refractivity contribution in [2.45, 2.75) is 12.8 Å². The first-order valence-electron chi connectivity index (χ1n) is 4.20. The lowest BCUT2D eigenvalue weighted by Crippen LogP contribution is -2.17. The SMILES string of the molecule is O=C/C=C/C12CCN(CC1)C2. The van der Waals surface area contributed by atoms with E-state index in [1.807, 2.05) is 0 Å². The smallest absolute Gasteiger partial charge is 0.142 e. The van der Waals surface area contributed by atoms with E-state index in [2.05, 4.69) is 11.0 Å². The number of allylic oxidation sites excluding steroid dienone is 1. The number of fused-ring (bicyclic) bond motifs is 2. The molecule has 0 spiro atoms. The fourth-order valence-corrected chi connectivity index (χ4v) is 2.22. The molecule has 0 aromatic carbocycles. The third-order valence-electron chi connectivity index (χ3n) is 2.92. The summed E-state index contributed by atoms with van der Waals surface area (Å²) in [5.41, 5.74) is 0.376. The van der Waals surface area contributed by atoms with Crippen LogP contribution in [-0.4, -0.2) is 30.8 Å². The highest BCUT2D eigenvalue weighted by Gasteiger charge is 2.41. The first kappa shape index (κ1) is 7.04. The molecular weight excluding hydrogens is 138 g/mol. The summed E-state index contributed by atoms with van der Waals surface area (Å²) in [5, 5.41) is 0. The Kier molecular flexibility index (Phi) is 1.57. The molecule has 2 aliphatic heterocycles. The van der Waals surface area contributed by atoms with Gasteiger partial charge in [0.05, 0.1) is 0 Å². The first-order chi connectivity index (χ1) is 5.35. The van der Waals surface area contributed by atoms with Crippen LogP contribution in [0.4, 0.5) is 0 Å². The summed E-state index contributed by atoms with van der Waals surface area (Å²) in [6.45, 7) is 3.63. The van der Waals surface area contributed by atoms with E-state index in [9.17, 15) is 4.79 Å². The number of piperidine rings is 1. The Morgan fingerprint density at radius 2 is 2.00 bits per heavy atom. The van der Waals surface area contributed by atoms with Crippen molar-refractivity contribution in [2.75, 3.05) is 19.6 Å².